The van der Waals surface area contributed by atoms with Crippen LogP contribution in [-0.2, 0) is 20.0 Å². The summed E-state index contributed by atoms with van der Waals surface area (Å²) in [5, 5.41) is 10.6. The molecule has 0 aliphatic carbocycles. The van der Waals surface area contributed by atoms with Crippen molar-refractivity contribution in [2.45, 2.75) is 81.1 Å². The lowest BCUT2D eigenvalue weighted by atomic mass is 10.0. The Kier molecular flexibility index (Phi) is 13.7. The first-order chi connectivity index (χ1) is 24.7. The molecule has 4 aromatic rings. The molecule has 0 spiro atoms. The zero-order valence-electron chi connectivity index (χ0n) is 31.9. The van der Waals surface area contributed by atoms with Crippen LogP contribution in [-0.4, -0.2) is 69.6 Å². The molecule has 1 heterocycles. The number of nitrogens with one attached hydrogen (secondary N) is 3. The van der Waals surface area contributed by atoms with Gasteiger partial charge in [-0.05, 0) is 114 Å². The normalized spacial score (nSPS) is 11.8. The number of aromatic hydroxyl groups is 1. The van der Waals surface area contributed by atoms with Gasteiger partial charge in [0.1, 0.15) is 11.6 Å². The smallest absolute Gasteiger partial charge is 0.232 e. The van der Waals surface area contributed by atoms with E-state index < -0.39 is 20.0 Å². The van der Waals surface area contributed by atoms with Crippen LogP contribution >= 0.6 is 0 Å². The molecule has 0 bridgehead atoms. The standard InChI is InChI=1S/C39H56N6O5S2/c1-9-15-21-51(47,48)42-34-25-30(44(11-3)12-4)17-19-32(34)36-37(41-39(40-36)29-23-27(7)38(46)28(8)24-29)33-20-18-31(45(13-5)14-6)26-35(33)43-52(49,50)22-16-10-2/h17-20,23-26,42-43,46H,9-16,21-22H2,1-8H3,(H,40,41). The molecule has 0 atom stereocenters. The number of nitrogens with zero attached hydrogens (tertiary/aromatic N) is 3. The van der Waals surface area contributed by atoms with Gasteiger partial charge in [-0.1, -0.05) is 26.7 Å². The second-order valence-electron chi connectivity index (χ2n) is 13.1. The zero-order valence-corrected chi connectivity index (χ0v) is 33.6. The largest absolute Gasteiger partial charge is 0.507 e. The number of phenolic OH excluding ortho intramolecular Hbond substituents is 1. The zero-order chi connectivity index (χ0) is 38.2. The van der Waals surface area contributed by atoms with Crippen LogP contribution in [0.5, 0.6) is 5.75 Å². The summed E-state index contributed by atoms with van der Waals surface area (Å²) in [6, 6.07) is 15.0. The fourth-order valence-electron chi connectivity index (χ4n) is 6.33. The molecule has 284 valence electrons. The average molecular weight is 753 g/mol. The van der Waals surface area contributed by atoms with E-state index >= 15 is 0 Å². The highest BCUT2D eigenvalue weighted by Gasteiger charge is 2.25. The van der Waals surface area contributed by atoms with Crippen molar-refractivity contribution < 1.29 is 21.9 Å². The maximum absolute atomic E-state index is 13.5. The molecule has 0 aliphatic heterocycles. The van der Waals surface area contributed by atoms with Gasteiger partial charge in [0.05, 0.1) is 34.3 Å². The number of rotatable bonds is 19. The van der Waals surface area contributed by atoms with Gasteiger partial charge in [0.15, 0.2) is 0 Å². The lowest BCUT2D eigenvalue weighted by Crippen LogP contribution is -2.23. The molecule has 0 aliphatic rings. The third kappa shape index (κ3) is 9.60. The first-order valence-electron chi connectivity index (χ1n) is 18.4. The molecular weight excluding hydrogens is 697 g/mol. The number of hydrogen-bond acceptors (Lipinski definition) is 8. The summed E-state index contributed by atoms with van der Waals surface area (Å²) in [6.45, 7) is 18.7. The summed E-state index contributed by atoms with van der Waals surface area (Å²) in [5.41, 5.74) is 6.61. The Balaban J connectivity index is 2.08. The van der Waals surface area contributed by atoms with E-state index in [0.717, 1.165) is 56.0 Å². The number of aryl methyl sites for hydroxylation is 2. The van der Waals surface area contributed by atoms with Crippen LogP contribution in [0.15, 0.2) is 48.5 Å². The van der Waals surface area contributed by atoms with E-state index in [4.69, 9.17) is 4.98 Å². The maximum Gasteiger partial charge on any atom is 0.232 e. The quantitative estimate of drug-likeness (QED) is 0.0746. The summed E-state index contributed by atoms with van der Waals surface area (Å²) in [6.07, 6.45) is 2.48. The Labute approximate surface area is 311 Å². The van der Waals surface area contributed by atoms with Crippen LogP contribution in [0.1, 0.15) is 78.4 Å². The van der Waals surface area contributed by atoms with Gasteiger partial charge in [0.25, 0.3) is 0 Å². The lowest BCUT2D eigenvalue weighted by molar-refractivity contribution is 0.467. The third-order valence-electron chi connectivity index (χ3n) is 9.32. The van der Waals surface area contributed by atoms with Gasteiger partial charge in [-0.2, -0.15) is 0 Å². The Morgan fingerprint density at radius 1 is 0.673 bits per heavy atom. The highest BCUT2D eigenvalue weighted by atomic mass is 32.2. The van der Waals surface area contributed by atoms with Crippen LogP contribution in [0.4, 0.5) is 22.7 Å². The third-order valence-corrected chi connectivity index (χ3v) is 12.0. The van der Waals surface area contributed by atoms with E-state index in [1.54, 1.807) is 0 Å². The van der Waals surface area contributed by atoms with E-state index in [1.165, 1.54) is 0 Å². The Morgan fingerprint density at radius 2 is 1.12 bits per heavy atom. The lowest BCUT2D eigenvalue weighted by Gasteiger charge is -2.24. The number of hydrogen-bond donors (Lipinski definition) is 4. The number of H-pyrrole nitrogens is 1. The second-order valence-corrected chi connectivity index (χ2v) is 16.8. The van der Waals surface area contributed by atoms with Gasteiger partial charge < -0.3 is 19.9 Å². The molecule has 0 amide bonds. The maximum atomic E-state index is 13.5. The van der Waals surface area contributed by atoms with Gasteiger partial charge in [-0.3, -0.25) is 9.44 Å². The van der Waals surface area contributed by atoms with Crippen LogP contribution < -0.4 is 19.2 Å². The second kappa shape index (κ2) is 17.5. The summed E-state index contributed by atoms with van der Waals surface area (Å²) < 4.78 is 59.6. The molecule has 52 heavy (non-hydrogen) atoms. The van der Waals surface area contributed by atoms with Crippen molar-refractivity contribution in [2.75, 3.05) is 56.9 Å². The van der Waals surface area contributed by atoms with Gasteiger partial charge in [-0.25, -0.2) is 21.8 Å². The Bertz CT molecular complexity index is 1910. The van der Waals surface area contributed by atoms with Crippen LogP contribution in [0.2, 0.25) is 0 Å². The fraction of sp³-hybridized carbons (Fsp3) is 0.462. The topological polar surface area (TPSA) is 148 Å². The molecule has 0 saturated carbocycles. The molecule has 0 radical (unpaired) electrons. The van der Waals surface area contributed by atoms with Crippen molar-refractivity contribution in [3.8, 4) is 39.7 Å². The molecule has 13 heteroatoms. The van der Waals surface area contributed by atoms with Gasteiger partial charge in [-0.15, -0.1) is 0 Å². The van der Waals surface area contributed by atoms with Gasteiger partial charge in [0, 0.05) is 54.2 Å². The highest BCUT2D eigenvalue weighted by Crippen LogP contribution is 2.43. The number of aromatic amines is 1. The summed E-state index contributed by atoms with van der Waals surface area (Å²) in [5.74, 6) is 0.626. The van der Waals surface area contributed by atoms with Crippen LogP contribution in [0.25, 0.3) is 33.9 Å². The number of benzene rings is 3. The van der Waals surface area contributed by atoms with E-state index in [0.29, 0.717) is 63.7 Å². The summed E-state index contributed by atoms with van der Waals surface area (Å²) in [7, 11) is -7.43. The molecule has 0 saturated heterocycles. The van der Waals surface area contributed by atoms with Gasteiger partial charge in [0.2, 0.25) is 20.0 Å². The van der Waals surface area contributed by atoms with E-state index in [9.17, 15) is 21.9 Å². The molecule has 0 unspecified atom stereocenters. The predicted octanol–water partition coefficient (Wildman–Crippen LogP) is 8.51. The summed E-state index contributed by atoms with van der Waals surface area (Å²) in [4.78, 5) is 12.9. The number of imidazole rings is 1. The van der Waals surface area contributed by atoms with Gasteiger partial charge >= 0.3 is 0 Å². The Morgan fingerprint density at radius 3 is 1.56 bits per heavy atom. The Hall–Kier alpha value is -4.23. The average Bonchev–Trinajstić information content (AvgIpc) is 3.54. The highest BCUT2D eigenvalue weighted by molar-refractivity contribution is 7.93. The minimum Gasteiger partial charge on any atom is -0.507 e. The monoisotopic (exact) mass is 752 g/mol. The predicted molar refractivity (Wildman–Crippen MR) is 218 cm³/mol. The minimum absolute atomic E-state index is 0.0257. The van der Waals surface area contributed by atoms with Crippen molar-refractivity contribution in [1.29, 1.82) is 0 Å². The van der Waals surface area contributed by atoms with Crippen molar-refractivity contribution >= 4 is 42.8 Å². The molecule has 4 N–H and O–H groups in total. The van der Waals surface area contributed by atoms with Crippen molar-refractivity contribution in [2.24, 2.45) is 0 Å². The number of anilines is 4. The molecule has 3 aromatic carbocycles. The van der Waals surface area contributed by atoms with Crippen molar-refractivity contribution in [1.82, 2.24) is 9.97 Å². The minimum atomic E-state index is -3.72. The molecule has 4 rings (SSSR count). The number of unbranched alkanes of at least 4 members (excludes halogenated alkanes) is 2. The van der Waals surface area contributed by atoms with E-state index in [2.05, 4.69) is 24.2 Å². The van der Waals surface area contributed by atoms with Crippen LogP contribution in [0, 0.1) is 13.8 Å². The first kappa shape index (κ1) is 40.5. The number of sulfonamides is 2. The number of phenols is 1. The van der Waals surface area contributed by atoms with Crippen molar-refractivity contribution in [3.63, 3.8) is 0 Å². The van der Waals surface area contributed by atoms with Crippen molar-refractivity contribution in [3.05, 3.63) is 59.7 Å². The molecule has 11 nitrogen and oxygen atoms in total. The molecule has 0 fully saturated rings. The fourth-order valence-corrected chi connectivity index (χ4v) is 8.88. The SMILES string of the molecule is CCCCS(=O)(=O)Nc1cc(N(CC)CC)ccc1-c1nc(-c2cc(C)c(O)c(C)c2)[nH]c1-c1ccc(N(CC)CC)cc1NS(=O)(=O)CCCC. The number of aromatic nitrogens is 2. The van der Waals surface area contributed by atoms with Crippen LogP contribution in [0.3, 0.4) is 0 Å². The summed E-state index contributed by atoms with van der Waals surface area (Å²) >= 11 is 0. The first-order valence-corrected chi connectivity index (χ1v) is 21.7. The molecule has 1 aromatic heterocycles. The van der Waals surface area contributed by atoms with E-state index in [-0.39, 0.29) is 17.3 Å². The van der Waals surface area contributed by atoms with E-state index in [1.807, 2.05) is 104 Å². The molecular formula is C39H56N6O5S2.